The Morgan fingerprint density at radius 3 is 2.17 bits per heavy atom. The maximum atomic E-state index is 13.3. The smallest absolute Gasteiger partial charge is 0.282 e. The fourth-order valence-electron chi connectivity index (χ4n) is 3.16. The van der Waals surface area contributed by atoms with Crippen LogP contribution in [0.25, 0.3) is 11.3 Å². The number of carbonyl (C=O) groups is 1. The molecule has 1 aliphatic rings. The molecule has 1 aromatic carbocycles. The summed E-state index contributed by atoms with van der Waals surface area (Å²) in [5.74, 6) is -2.23. The molecule has 0 aliphatic heterocycles. The van der Waals surface area contributed by atoms with Gasteiger partial charge in [0.2, 0.25) is 0 Å². The van der Waals surface area contributed by atoms with Crippen LogP contribution in [0.15, 0.2) is 36.4 Å². The Morgan fingerprint density at radius 2 is 1.67 bits per heavy atom. The van der Waals surface area contributed by atoms with Crippen LogP contribution in [0.5, 0.6) is 0 Å². The van der Waals surface area contributed by atoms with Gasteiger partial charge >= 0.3 is 6.18 Å². The number of aromatic nitrogens is 1. The van der Waals surface area contributed by atoms with Crippen LogP contribution in [0, 0.1) is 11.7 Å². The number of rotatable bonds is 6. The first-order valence-electron chi connectivity index (χ1n) is 9.65. The summed E-state index contributed by atoms with van der Waals surface area (Å²) in [4.78, 5) is 16.0. The first kappa shape index (κ1) is 22.7. The molecule has 8 heteroatoms. The van der Waals surface area contributed by atoms with Gasteiger partial charge in [-0.25, -0.2) is 9.37 Å². The van der Waals surface area contributed by atoms with Crippen molar-refractivity contribution in [3.05, 3.63) is 53.5 Å². The molecule has 1 saturated carbocycles. The molecule has 1 aromatic heterocycles. The molecule has 1 fully saturated rings. The summed E-state index contributed by atoms with van der Waals surface area (Å²) >= 11 is 1.50. The summed E-state index contributed by atoms with van der Waals surface area (Å²) in [7, 11) is 0. The van der Waals surface area contributed by atoms with Crippen molar-refractivity contribution < 1.29 is 22.4 Å². The molecule has 1 heterocycles. The fourth-order valence-corrected chi connectivity index (χ4v) is 3.96. The van der Waals surface area contributed by atoms with E-state index in [1.165, 1.54) is 42.3 Å². The lowest BCUT2D eigenvalue weighted by atomic mass is 9.87. The van der Waals surface area contributed by atoms with Gasteiger partial charge in [0, 0.05) is 10.3 Å². The molecule has 1 N–H and O–H groups in total. The summed E-state index contributed by atoms with van der Waals surface area (Å²) < 4.78 is 56.2. The minimum Gasteiger partial charge on any atom is -0.282 e. The molecule has 1 atom stereocenters. The molecule has 3 rings (SSSR count). The van der Waals surface area contributed by atoms with Gasteiger partial charge in [-0.05, 0) is 88.4 Å². The second-order valence-corrected chi connectivity index (χ2v) is 10.4. The quantitative estimate of drug-likeness (QED) is 0.325. The van der Waals surface area contributed by atoms with Crippen LogP contribution >= 0.6 is 11.9 Å². The molecular formula is C22H24F4N2OS. The standard InChI is InChI=1S/C22H24F4N2OS/c1-20(2,3)30-28-21(4,14-7-8-14)15-11-17(13-5-9-16(23)10-6-13)27-18(12-15)19(29)22(24,25)26/h5-6,9-12,14,28H,7-8H2,1-4H3. The third kappa shape index (κ3) is 5.21. The first-order valence-corrected chi connectivity index (χ1v) is 10.5. The van der Waals surface area contributed by atoms with E-state index < -0.39 is 29.0 Å². The normalized spacial score (nSPS) is 16.9. The third-order valence-corrected chi connectivity index (χ3v) is 6.16. The number of carbonyl (C=O) groups excluding carboxylic acids is 1. The number of ketones is 1. The highest BCUT2D eigenvalue weighted by molar-refractivity contribution is 7.98. The van der Waals surface area contributed by atoms with Crippen molar-refractivity contribution in [1.29, 1.82) is 0 Å². The van der Waals surface area contributed by atoms with Gasteiger partial charge in [-0.2, -0.15) is 13.2 Å². The molecule has 0 saturated heterocycles. The molecule has 2 aromatic rings. The van der Waals surface area contributed by atoms with Crippen molar-refractivity contribution in [3.63, 3.8) is 0 Å². The third-order valence-electron chi connectivity index (χ3n) is 5.02. The first-order chi connectivity index (χ1) is 13.8. The van der Waals surface area contributed by atoms with Crippen molar-refractivity contribution >= 4 is 17.7 Å². The lowest BCUT2D eigenvalue weighted by Gasteiger charge is -2.34. The number of benzene rings is 1. The second kappa shape index (κ2) is 7.96. The molecule has 30 heavy (non-hydrogen) atoms. The monoisotopic (exact) mass is 440 g/mol. The Bertz CT molecular complexity index is 934. The zero-order chi connectivity index (χ0) is 22.3. The highest BCUT2D eigenvalue weighted by Gasteiger charge is 2.45. The van der Waals surface area contributed by atoms with Crippen LogP contribution < -0.4 is 4.72 Å². The summed E-state index contributed by atoms with van der Waals surface area (Å²) in [5, 5.41) is 0. The van der Waals surface area contributed by atoms with Crippen molar-refractivity contribution in [2.24, 2.45) is 5.92 Å². The van der Waals surface area contributed by atoms with E-state index in [0.717, 1.165) is 12.8 Å². The number of nitrogens with zero attached hydrogens (tertiary/aromatic N) is 1. The number of hydrogen-bond donors (Lipinski definition) is 1. The topological polar surface area (TPSA) is 42.0 Å². The minimum absolute atomic E-state index is 0.117. The Hall–Kier alpha value is -1.93. The lowest BCUT2D eigenvalue weighted by Crippen LogP contribution is -2.40. The van der Waals surface area contributed by atoms with Gasteiger partial charge in [-0.15, -0.1) is 0 Å². The van der Waals surface area contributed by atoms with Crippen molar-refractivity contribution in [2.45, 2.75) is 57.0 Å². The lowest BCUT2D eigenvalue weighted by molar-refractivity contribution is -0.0888. The van der Waals surface area contributed by atoms with E-state index in [0.29, 0.717) is 11.1 Å². The van der Waals surface area contributed by atoms with Crippen LogP contribution in [-0.4, -0.2) is 21.7 Å². The predicted octanol–water partition coefficient (Wildman–Crippen LogP) is 6.29. The summed E-state index contributed by atoms with van der Waals surface area (Å²) in [5.41, 5.74) is -0.0981. The van der Waals surface area contributed by atoms with E-state index in [1.807, 2.05) is 27.7 Å². The zero-order valence-electron chi connectivity index (χ0n) is 17.2. The van der Waals surface area contributed by atoms with Gasteiger partial charge in [0.25, 0.3) is 5.78 Å². The van der Waals surface area contributed by atoms with Crippen LogP contribution in [-0.2, 0) is 5.54 Å². The molecule has 1 unspecified atom stereocenters. The molecule has 0 radical (unpaired) electrons. The van der Waals surface area contributed by atoms with Gasteiger partial charge in [0.15, 0.2) is 0 Å². The molecule has 0 bridgehead atoms. The van der Waals surface area contributed by atoms with E-state index in [2.05, 4.69) is 9.71 Å². The number of nitrogens with one attached hydrogen (secondary N) is 1. The van der Waals surface area contributed by atoms with E-state index in [-0.39, 0.29) is 16.4 Å². The zero-order valence-corrected chi connectivity index (χ0v) is 18.0. The highest BCUT2D eigenvalue weighted by atomic mass is 32.2. The van der Waals surface area contributed by atoms with Crippen LogP contribution in [0.3, 0.4) is 0 Å². The maximum Gasteiger partial charge on any atom is 0.456 e. The fraction of sp³-hybridized carbons (Fsp3) is 0.455. The number of halogens is 4. The van der Waals surface area contributed by atoms with Crippen LogP contribution in [0.1, 0.15) is 56.6 Å². The molecule has 0 amide bonds. The molecule has 3 nitrogen and oxygen atoms in total. The average molecular weight is 441 g/mol. The minimum atomic E-state index is -5.03. The summed E-state index contributed by atoms with van der Waals surface area (Å²) in [6.07, 6.45) is -3.16. The van der Waals surface area contributed by atoms with Gasteiger partial charge in [-0.3, -0.25) is 9.52 Å². The summed E-state index contributed by atoms with van der Waals surface area (Å²) in [6, 6.07) is 8.22. The number of hydrogen-bond acceptors (Lipinski definition) is 4. The van der Waals surface area contributed by atoms with Crippen molar-refractivity contribution in [2.75, 3.05) is 0 Å². The largest absolute Gasteiger partial charge is 0.456 e. The molecule has 1 aliphatic carbocycles. The summed E-state index contributed by atoms with van der Waals surface area (Å²) in [6.45, 7) is 8.04. The second-order valence-electron chi connectivity index (χ2n) is 8.75. The SMILES string of the molecule is CC(C)(C)SNC(C)(c1cc(C(=O)C(F)(F)F)nc(-c2ccc(F)cc2)c1)C1CC1. The molecule has 0 spiro atoms. The average Bonchev–Trinajstić information content (AvgIpc) is 3.50. The van der Waals surface area contributed by atoms with Gasteiger partial charge in [0.05, 0.1) is 11.2 Å². The Labute approximate surface area is 177 Å². The van der Waals surface area contributed by atoms with Crippen molar-refractivity contribution in [3.8, 4) is 11.3 Å². The number of pyridine rings is 1. The Kier molecular flexibility index (Phi) is 6.04. The van der Waals surface area contributed by atoms with E-state index in [4.69, 9.17) is 0 Å². The van der Waals surface area contributed by atoms with E-state index in [9.17, 15) is 22.4 Å². The van der Waals surface area contributed by atoms with Crippen LogP contribution in [0.2, 0.25) is 0 Å². The molecule has 162 valence electrons. The highest BCUT2D eigenvalue weighted by Crippen LogP contribution is 2.48. The maximum absolute atomic E-state index is 13.3. The number of Topliss-reactive ketones (excluding diaryl/α,β-unsaturated/α-hetero) is 1. The van der Waals surface area contributed by atoms with E-state index in [1.54, 1.807) is 6.07 Å². The Balaban J connectivity index is 2.13. The van der Waals surface area contributed by atoms with Crippen molar-refractivity contribution in [1.82, 2.24) is 9.71 Å². The van der Waals surface area contributed by atoms with E-state index >= 15 is 0 Å². The van der Waals surface area contributed by atoms with Gasteiger partial charge in [-0.1, -0.05) is 11.9 Å². The number of alkyl halides is 3. The van der Waals surface area contributed by atoms with Gasteiger partial charge < -0.3 is 0 Å². The predicted molar refractivity (Wildman–Crippen MR) is 111 cm³/mol. The van der Waals surface area contributed by atoms with Crippen LogP contribution in [0.4, 0.5) is 17.6 Å². The Morgan fingerprint density at radius 1 is 1.07 bits per heavy atom. The van der Waals surface area contributed by atoms with Gasteiger partial charge in [0.1, 0.15) is 11.5 Å². The molecular weight excluding hydrogens is 416 g/mol.